The lowest BCUT2D eigenvalue weighted by molar-refractivity contribution is -0.131. The Labute approximate surface area is 146 Å². The van der Waals surface area contributed by atoms with Gasteiger partial charge in [0.15, 0.2) is 5.76 Å². The number of oxazole rings is 1. The van der Waals surface area contributed by atoms with Gasteiger partial charge in [0.1, 0.15) is 5.76 Å². The van der Waals surface area contributed by atoms with E-state index in [4.69, 9.17) is 8.83 Å². The second kappa shape index (κ2) is 6.24. The zero-order chi connectivity index (χ0) is 17.4. The number of carbonyl (C=O) groups is 1. The number of rotatable bonds is 4. The zero-order valence-electron chi connectivity index (χ0n) is 14.4. The molecular weight excluding hydrogens is 316 g/mol. The maximum absolute atomic E-state index is 12.8. The SMILES string of the molecule is Cc1oc(-c2ccco2)nc1CC(=O)N(C)[C@H]1CCc2ccccc21. The monoisotopic (exact) mass is 336 g/mol. The molecule has 0 unspecified atom stereocenters. The third kappa shape index (κ3) is 2.86. The number of nitrogens with zero attached hydrogens (tertiary/aromatic N) is 2. The number of benzene rings is 1. The van der Waals surface area contributed by atoms with Crippen molar-refractivity contribution in [1.29, 1.82) is 0 Å². The van der Waals surface area contributed by atoms with Gasteiger partial charge >= 0.3 is 0 Å². The molecule has 5 heteroatoms. The van der Waals surface area contributed by atoms with Crippen molar-refractivity contribution in [2.45, 2.75) is 32.2 Å². The largest absolute Gasteiger partial charge is 0.459 e. The number of aryl methyl sites for hydroxylation is 2. The van der Waals surface area contributed by atoms with Gasteiger partial charge in [-0.1, -0.05) is 24.3 Å². The third-order valence-corrected chi connectivity index (χ3v) is 4.91. The summed E-state index contributed by atoms with van der Waals surface area (Å²) in [5.74, 6) is 1.68. The molecule has 1 aliphatic carbocycles. The minimum atomic E-state index is 0.0455. The summed E-state index contributed by atoms with van der Waals surface area (Å²) < 4.78 is 11.0. The molecule has 0 saturated carbocycles. The van der Waals surface area contributed by atoms with Gasteiger partial charge in [-0.15, -0.1) is 0 Å². The molecule has 0 fully saturated rings. The fourth-order valence-electron chi connectivity index (χ4n) is 3.48. The van der Waals surface area contributed by atoms with Crippen LogP contribution in [0.2, 0.25) is 0 Å². The van der Waals surface area contributed by atoms with E-state index in [1.807, 2.05) is 24.9 Å². The van der Waals surface area contributed by atoms with E-state index in [-0.39, 0.29) is 18.4 Å². The first-order chi connectivity index (χ1) is 12.1. The van der Waals surface area contributed by atoms with Crippen LogP contribution in [0, 0.1) is 6.92 Å². The molecule has 0 N–H and O–H groups in total. The maximum atomic E-state index is 12.8. The first kappa shape index (κ1) is 15.7. The van der Waals surface area contributed by atoms with Gasteiger partial charge in [-0.25, -0.2) is 4.98 Å². The van der Waals surface area contributed by atoms with Crippen LogP contribution >= 0.6 is 0 Å². The standard InChI is InChI=1S/C20H20N2O3/c1-13-16(21-20(25-13)18-8-5-11-24-18)12-19(23)22(2)17-10-9-14-6-3-4-7-15(14)17/h3-8,11,17H,9-10,12H2,1-2H3/t17-/m0/s1. The number of hydrogen-bond acceptors (Lipinski definition) is 4. The highest BCUT2D eigenvalue weighted by atomic mass is 16.4. The summed E-state index contributed by atoms with van der Waals surface area (Å²) in [4.78, 5) is 19.1. The summed E-state index contributed by atoms with van der Waals surface area (Å²) in [7, 11) is 1.87. The van der Waals surface area contributed by atoms with Gasteiger partial charge in [0, 0.05) is 7.05 Å². The molecule has 3 aromatic rings. The predicted octanol–water partition coefficient (Wildman–Crippen LogP) is 3.93. The van der Waals surface area contributed by atoms with E-state index in [9.17, 15) is 4.79 Å². The van der Waals surface area contributed by atoms with Gasteiger partial charge in [0.2, 0.25) is 5.91 Å². The minimum Gasteiger partial charge on any atom is -0.459 e. The molecule has 5 nitrogen and oxygen atoms in total. The van der Waals surface area contributed by atoms with Crippen LogP contribution in [0.1, 0.15) is 35.0 Å². The molecule has 1 amide bonds. The fraction of sp³-hybridized carbons (Fsp3) is 0.300. The van der Waals surface area contributed by atoms with Crippen molar-refractivity contribution in [3.63, 3.8) is 0 Å². The normalized spacial score (nSPS) is 16.0. The van der Waals surface area contributed by atoms with E-state index in [1.165, 1.54) is 11.1 Å². The molecule has 2 aromatic heterocycles. The van der Waals surface area contributed by atoms with E-state index in [2.05, 4.69) is 23.2 Å². The van der Waals surface area contributed by atoms with Gasteiger partial charge in [-0.2, -0.15) is 0 Å². The molecule has 2 heterocycles. The van der Waals surface area contributed by atoms with Crippen LogP contribution in [0.3, 0.4) is 0 Å². The first-order valence-electron chi connectivity index (χ1n) is 8.47. The average Bonchev–Trinajstić information content (AvgIpc) is 3.34. The van der Waals surface area contributed by atoms with Crippen molar-refractivity contribution in [3.8, 4) is 11.7 Å². The number of likely N-dealkylation sites (N-methyl/N-ethyl adjacent to an activating group) is 1. The van der Waals surface area contributed by atoms with Crippen LogP contribution in [-0.4, -0.2) is 22.8 Å². The quantitative estimate of drug-likeness (QED) is 0.724. The van der Waals surface area contributed by atoms with Crippen molar-refractivity contribution in [1.82, 2.24) is 9.88 Å². The van der Waals surface area contributed by atoms with Crippen LogP contribution in [0.5, 0.6) is 0 Å². The lowest BCUT2D eigenvalue weighted by Gasteiger charge is -2.25. The molecule has 4 rings (SSSR count). The van der Waals surface area contributed by atoms with Gasteiger partial charge < -0.3 is 13.7 Å². The lowest BCUT2D eigenvalue weighted by atomic mass is 10.1. The molecule has 0 saturated heterocycles. The summed E-state index contributed by atoms with van der Waals surface area (Å²) in [6.45, 7) is 1.83. The summed E-state index contributed by atoms with van der Waals surface area (Å²) >= 11 is 0. The average molecular weight is 336 g/mol. The molecule has 0 radical (unpaired) electrons. The molecule has 0 spiro atoms. The topological polar surface area (TPSA) is 59.5 Å². The molecule has 0 bridgehead atoms. The van der Waals surface area contributed by atoms with Gasteiger partial charge in [0.25, 0.3) is 5.89 Å². The van der Waals surface area contributed by atoms with E-state index in [0.717, 1.165) is 12.8 Å². The Kier molecular flexibility index (Phi) is 3.92. The van der Waals surface area contributed by atoms with Crippen molar-refractivity contribution in [3.05, 3.63) is 65.2 Å². The van der Waals surface area contributed by atoms with E-state index in [1.54, 1.807) is 18.4 Å². The number of fused-ring (bicyclic) bond motifs is 1. The van der Waals surface area contributed by atoms with Crippen molar-refractivity contribution >= 4 is 5.91 Å². The number of furan rings is 1. The van der Waals surface area contributed by atoms with Crippen LogP contribution in [0.4, 0.5) is 0 Å². The number of amides is 1. The van der Waals surface area contributed by atoms with Crippen molar-refractivity contribution in [2.75, 3.05) is 7.05 Å². The van der Waals surface area contributed by atoms with Gasteiger partial charge in [-0.05, 0) is 43.0 Å². The third-order valence-electron chi connectivity index (χ3n) is 4.91. The Morgan fingerprint density at radius 1 is 1.28 bits per heavy atom. The smallest absolute Gasteiger partial charge is 0.263 e. The molecular formula is C20H20N2O3. The summed E-state index contributed by atoms with van der Waals surface area (Å²) in [5, 5.41) is 0. The number of hydrogen-bond donors (Lipinski definition) is 0. The Morgan fingerprint density at radius 3 is 2.92 bits per heavy atom. The van der Waals surface area contributed by atoms with Gasteiger partial charge in [-0.3, -0.25) is 4.79 Å². The minimum absolute atomic E-state index is 0.0455. The number of carbonyl (C=O) groups excluding carboxylic acids is 1. The Bertz CT molecular complexity index is 896. The highest BCUT2D eigenvalue weighted by molar-refractivity contribution is 5.79. The van der Waals surface area contributed by atoms with E-state index < -0.39 is 0 Å². The van der Waals surface area contributed by atoms with Gasteiger partial charge in [0.05, 0.1) is 24.4 Å². The zero-order valence-corrected chi connectivity index (χ0v) is 14.4. The highest BCUT2D eigenvalue weighted by Gasteiger charge is 2.29. The Balaban J connectivity index is 1.51. The van der Waals surface area contributed by atoms with Crippen LogP contribution in [0.25, 0.3) is 11.7 Å². The molecule has 25 heavy (non-hydrogen) atoms. The Morgan fingerprint density at radius 2 is 2.12 bits per heavy atom. The second-order valence-corrected chi connectivity index (χ2v) is 6.43. The molecule has 128 valence electrons. The molecule has 1 atom stereocenters. The van der Waals surface area contributed by atoms with Crippen molar-refractivity contribution in [2.24, 2.45) is 0 Å². The van der Waals surface area contributed by atoms with E-state index >= 15 is 0 Å². The van der Waals surface area contributed by atoms with Crippen molar-refractivity contribution < 1.29 is 13.6 Å². The Hall–Kier alpha value is -2.82. The molecule has 1 aliphatic rings. The summed E-state index contributed by atoms with van der Waals surface area (Å²) in [6.07, 6.45) is 3.79. The first-order valence-corrected chi connectivity index (χ1v) is 8.47. The number of aromatic nitrogens is 1. The molecule has 1 aromatic carbocycles. The fourth-order valence-corrected chi connectivity index (χ4v) is 3.48. The summed E-state index contributed by atoms with van der Waals surface area (Å²) in [5.41, 5.74) is 3.26. The van der Waals surface area contributed by atoms with Crippen LogP contribution in [-0.2, 0) is 17.6 Å². The van der Waals surface area contributed by atoms with Crippen LogP contribution < -0.4 is 0 Å². The lowest BCUT2D eigenvalue weighted by Crippen LogP contribution is -2.31. The predicted molar refractivity (Wildman–Crippen MR) is 92.9 cm³/mol. The highest BCUT2D eigenvalue weighted by Crippen LogP contribution is 2.35. The summed E-state index contributed by atoms with van der Waals surface area (Å²) in [6, 6.07) is 12.1. The van der Waals surface area contributed by atoms with Crippen LogP contribution in [0.15, 0.2) is 51.5 Å². The van der Waals surface area contributed by atoms with E-state index in [0.29, 0.717) is 23.1 Å². The maximum Gasteiger partial charge on any atom is 0.263 e. The second-order valence-electron chi connectivity index (χ2n) is 6.43. The molecule has 0 aliphatic heterocycles.